The van der Waals surface area contributed by atoms with Crippen LogP contribution in [-0.4, -0.2) is 41.2 Å². The average molecular weight is 481 g/mol. The molecule has 0 aromatic heterocycles. The number of nitrogens with one attached hydrogen (secondary N) is 1. The predicted octanol–water partition coefficient (Wildman–Crippen LogP) is 3.46. The van der Waals surface area contributed by atoms with Crippen molar-refractivity contribution in [2.45, 2.75) is 31.7 Å². The van der Waals surface area contributed by atoms with Crippen molar-refractivity contribution in [1.29, 1.82) is 0 Å². The number of halogens is 1. The Hall–Kier alpha value is -3.19. The van der Waals surface area contributed by atoms with E-state index in [1.165, 1.54) is 0 Å². The molecule has 2 bridgehead atoms. The lowest BCUT2D eigenvalue weighted by Crippen LogP contribution is -2.48. The van der Waals surface area contributed by atoms with Gasteiger partial charge in [0.1, 0.15) is 6.04 Å². The molecule has 3 aliphatic rings. The standard InChI is InChI=1S/C26H25ClN2O5/c27-18-7-4-8-19(13-18)28-21(30)14-34-26(33)20(11-15-5-2-1-3-6-15)29-24(31)22-16-9-10-17(12-16)23(22)25(29)32/h1-8,13,16-17,20,22-23H,9-12,14H2,(H,28,30)/t16-,17-,20-,22-,23-/m0/s1. The Morgan fingerprint density at radius 3 is 2.32 bits per heavy atom. The fourth-order valence-corrected chi connectivity index (χ4v) is 6.04. The Labute approximate surface area is 202 Å². The smallest absolute Gasteiger partial charge is 0.330 e. The zero-order chi connectivity index (χ0) is 23.8. The van der Waals surface area contributed by atoms with E-state index in [2.05, 4.69) is 5.32 Å². The molecule has 2 aromatic rings. The van der Waals surface area contributed by atoms with Crippen LogP contribution in [0.4, 0.5) is 5.69 Å². The van der Waals surface area contributed by atoms with Crippen LogP contribution in [0, 0.1) is 23.7 Å². The molecule has 34 heavy (non-hydrogen) atoms. The van der Waals surface area contributed by atoms with Crippen LogP contribution in [0.3, 0.4) is 0 Å². The zero-order valence-corrected chi connectivity index (χ0v) is 19.2. The highest BCUT2D eigenvalue weighted by molar-refractivity contribution is 6.30. The van der Waals surface area contributed by atoms with Gasteiger partial charge in [0, 0.05) is 17.1 Å². The first kappa shape index (κ1) is 22.6. The summed E-state index contributed by atoms with van der Waals surface area (Å²) >= 11 is 5.93. The third kappa shape index (κ3) is 4.20. The first-order chi connectivity index (χ1) is 16.4. The Morgan fingerprint density at radius 2 is 1.68 bits per heavy atom. The Balaban J connectivity index is 1.32. The molecule has 3 fully saturated rings. The van der Waals surface area contributed by atoms with E-state index in [-0.39, 0.29) is 41.9 Å². The number of nitrogens with zero attached hydrogens (tertiary/aromatic N) is 1. The lowest BCUT2D eigenvalue weighted by Gasteiger charge is -2.26. The minimum atomic E-state index is -1.11. The molecule has 5 rings (SSSR count). The molecule has 1 N–H and O–H groups in total. The molecule has 0 radical (unpaired) electrons. The Kier molecular flexibility index (Phi) is 6.13. The predicted molar refractivity (Wildman–Crippen MR) is 125 cm³/mol. The molecule has 1 heterocycles. The average Bonchev–Trinajstić information content (AvgIpc) is 3.51. The molecule has 2 saturated carbocycles. The summed E-state index contributed by atoms with van der Waals surface area (Å²) in [5.41, 5.74) is 1.27. The third-order valence-corrected chi connectivity index (χ3v) is 7.51. The van der Waals surface area contributed by atoms with Gasteiger partial charge < -0.3 is 10.1 Å². The number of imide groups is 1. The maximum Gasteiger partial charge on any atom is 0.330 e. The van der Waals surface area contributed by atoms with Crippen molar-refractivity contribution in [2.75, 3.05) is 11.9 Å². The molecule has 7 nitrogen and oxygen atoms in total. The van der Waals surface area contributed by atoms with Gasteiger partial charge in [-0.25, -0.2) is 4.79 Å². The summed E-state index contributed by atoms with van der Waals surface area (Å²) in [5.74, 6) is -2.08. The minimum Gasteiger partial charge on any atom is -0.454 e. The summed E-state index contributed by atoms with van der Waals surface area (Å²) in [4.78, 5) is 53.3. The van der Waals surface area contributed by atoms with E-state index in [4.69, 9.17) is 16.3 Å². The number of benzene rings is 2. The van der Waals surface area contributed by atoms with Crippen LogP contribution >= 0.6 is 11.6 Å². The van der Waals surface area contributed by atoms with Crippen molar-refractivity contribution in [3.8, 4) is 0 Å². The van der Waals surface area contributed by atoms with E-state index >= 15 is 0 Å². The summed E-state index contributed by atoms with van der Waals surface area (Å²) in [5, 5.41) is 3.08. The largest absolute Gasteiger partial charge is 0.454 e. The molecule has 2 aromatic carbocycles. The maximum absolute atomic E-state index is 13.3. The second kappa shape index (κ2) is 9.22. The van der Waals surface area contributed by atoms with Crippen molar-refractivity contribution >= 4 is 41.0 Å². The summed E-state index contributed by atoms with van der Waals surface area (Å²) in [6.45, 7) is -0.537. The fourth-order valence-electron chi connectivity index (χ4n) is 5.85. The number of likely N-dealkylation sites (tertiary alicyclic amines) is 1. The van der Waals surface area contributed by atoms with E-state index < -0.39 is 24.5 Å². The quantitative estimate of drug-likeness (QED) is 0.484. The third-order valence-electron chi connectivity index (χ3n) is 7.27. The first-order valence-electron chi connectivity index (χ1n) is 11.6. The summed E-state index contributed by atoms with van der Waals surface area (Å²) in [6, 6.07) is 14.7. The summed E-state index contributed by atoms with van der Waals surface area (Å²) in [7, 11) is 0. The van der Waals surface area contributed by atoms with Crippen molar-refractivity contribution in [1.82, 2.24) is 4.90 Å². The van der Waals surface area contributed by atoms with Gasteiger partial charge in [-0.2, -0.15) is 0 Å². The van der Waals surface area contributed by atoms with Crippen LogP contribution in [0.15, 0.2) is 54.6 Å². The second-order valence-corrected chi connectivity index (χ2v) is 9.74. The highest BCUT2D eigenvalue weighted by Gasteiger charge is 2.62. The first-order valence-corrected chi connectivity index (χ1v) is 11.9. The molecule has 8 heteroatoms. The number of anilines is 1. The summed E-state index contributed by atoms with van der Waals surface area (Å²) in [6.07, 6.45) is 2.96. The van der Waals surface area contributed by atoms with Gasteiger partial charge in [-0.1, -0.05) is 48.0 Å². The molecule has 5 atom stereocenters. The van der Waals surface area contributed by atoms with E-state index in [1.807, 2.05) is 30.3 Å². The van der Waals surface area contributed by atoms with Crippen molar-refractivity contribution < 1.29 is 23.9 Å². The van der Waals surface area contributed by atoms with E-state index in [0.29, 0.717) is 10.7 Å². The molecule has 0 unspecified atom stereocenters. The second-order valence-electron chi connectivity index (χ2n) is 9.30. The molecular formula is C26H25ClN2O5. The molecule has 1 aliphatic heterocycles. The van der Waals surface area contributed by atoms with Gasteiger partial charge in [0.25, 0.3) is 5.91 Å². The number of amides is 3. The van der Waals surface area contributed by atoms with Gasteiger partial charge in [0.05, 0.1) is 11.8 Å². The van der Waals surface area contributed by atoms with Gasteiger partial charge in [-0.3, -0.25) is 19.3 Å². The van der Waals surface area contributed by atoms with Crippen LogP contribution in [0.5, 0.6) is 0 Å². The maximum atomic E-state index is 13.3. The molecule has 176 valence electrons. The van der Waals surface area contributed by atoms with Crippen LogP contribution in [-0.2, 0) is 30.3 Å². The molecule has 1 saturated heterocycles. The van der Waals surface area contributed by atoms with Crippen LogP contribution in [0.1, 0.15) is 24.8 Å². The van der Waals surface area contributed by atoms with Gasteiger partial charge in [-0.15, -0.1) is 0 Å². The van der Waals surface area contributed by atoms with Gasteiger partial charge in [-0.05, 0) is 54.9 Å². The van der Waals surface area contributed by atoms with Crippen molar-refractivity contribution in [3.05, 3.63) is 65.2 Å². The molecule has 2 aliphatic carbocycles. The molecular weight excluding hydrogens is 456 g/mol. The highest BCUT2D eigenvalue weighted by Crippen LogP contribution is 2.56. The SMILES string of the molecule is O=C(COC(=O)[C@H](Cc1ccccc1)N1C(=O)[C@H]2[C@H]3CC[C@@H](C3)[C@@H]2C1=O)Nc1cccc(Cl)c1. The number of ether oxygens (including phenoxy) is 1. The number of hydrogen-bond acceptors (Lipinski definition) is 5. The van der Waals surface area contributed by atoms with Crippen LogP contribution in [0.2, 0.25) is 5.02 Å². The number of esters is 1. The van der Waals surface area contributed by atoms with E-state index in [9.17, 15) is 19.2 Å². The fraction of sp³-hybridized carbons (Fsp3) is 0.385. The Morgan fingerprint density at radius 1 is 1.00 bits per heavy atom. The van der Waals surface area contributed by atoms with E-state index in [0.717, 1.165) is 29.7 Å². The van der Waals surface area contributed by atoms with Crippen LogP contribution in [0.25, 0.3) is 0 Å². The summed E-state index contributed by atoms with van der Waals surface area (Å²) < 4.78 is 5.31. The Bertz CT molecular complexity index is 1110. The number of fused-ring (bicyclic) bond motifs is 5. The normalized spacial score (nSPS) is 25.9. The van der Waals surface area contributed by atoms with E-state index in [1.54, 1.807) is 24.3 Å². The zero-order valence-electron chi connectivity index (χ0n) is 18.5. The van der Waals surface area contributed by atoms with Crippen molar-refractivity contribution in [2.24, 2.45) is 23.7 Å². The number of hydrogen-bond donors (Lipinski definition) is 1. The van der Waals surface area contributed by atoms with Gasteiger partial charge in [0.15, 0.2) is 6.61 Å². The highest BCUT2D eigenvalue weighted by atomic mass is 35.5. The number of carbonyl (C=O) groups is 4. The molecule has 3 amide bonds. The lowest BCUT2D eigenvalue weighted by atomic mass is 9.81. The topological polar surface area (TPSA) is 92.8 Å². The monoisotopic (exact) mass is 480 g/mol. The lowest BCUT2D eigenvalue weighted by molar-refractivity contribution is -0.160. The minimum absolute atomic E-state index is 0.141. The molecule has 0 spiro atoms. The number of rotatable bonds is 7. The van der Waals surface area contributed by atoms with Gasteiger partial charge >= 0.3 is 5.97 Å². The number of carbonyl (C=O) groups excluding carboxylic acids is 4. The van der Waals surface area contributed by atoms with Crippen LogP contribution < -0.4 is 5.32 Å². The van der Waals surface area contributed by atoms with Crippen molar-refractivity contribution in [3.63, 3.8) is 0 Å². The van der Waals surface area contributed by atoms with Gasteiger partial charge in [0.2, 0.25) is 11.8 Å².